The summed E-state index contributed by atoms with van der Waals surface area (Å²) >= 11 is 9.22. The number of carbonyl (C=O) groups is 2. The van der Waals surface area contributed by atoms with Crippen molar-refractivity contribution < 1.29 is 14.7 Å². The van der Waals surface area contributed by atoms with E-state index in [4.69, 9.17) is 16.7 Å². The van der Waals surface area contributed by atoms with E-state index in [0.29, 0.717) is 21.6 Å². The second-order valence-electron chi connectivity index (χ2n) is 4.87. The third kappa shape index (κ3) is 3.52. The van der Waals surface area contributed by atoms with Crippen molar-refractivity contribution in [2.45, 2.75) is 31.7 Å². The van der Waals surface area contributed by atoms with Crippen LogP contribution in [0.25, 0.3) is 0 Å². The van der Waals surface area contributed by atoms with Gasteiger partial charge in [-0.15, -0.1) is 0 Å². The van der Waals surface area contributed by atoms with Crippen molar-refractivity contribution in [3.05, 3.63) is 33.3 Å². The number of aliphatic carboxylic acids is 1. The molecule has 0 saturated carbocycles. The third-order valence-electron chi connectivity index (χ3n) is 3.46. The molecule has 0 spiro atoms. The van der Waals surface area contributed by atoms with Crippen LogP contribution in [0.2, 0.25) is 5.02 Å². The molecule has 20 heavy (non-hydrogen) atoms. The molecule has 1 heterocycles. The zero-order valence-corrected chi connectivity index (χ0v) is 13.2. The number of rotatable bonds is 3. The molecule has 1 aromatic carbocycles. The first-order valence-corrected chi connectivity index (χ1v) is 7.64. The molecule has 1 aliphatic heterocycles. The van der Waals surface area contributed by atoms with Crippen LogP contribution in [0, 0.1) is 0 Å². The van der Waals surface area contributed by atoms with Crippen LogP contribution in [0.5, 0.6) is 0 Å². The van der Waals surface area contributed by atoms with E-state index in [1.54, 1.807) is 23.1 Å². The molecule has 0 bridgehead atoms. The van der Waals surface area contributed by atoms with Crippen LogP contribution in [0.4, 0.5) is 0 Å². The predicted molar refractivity (Wildman–Crippen MR) is 80.1 cm³/mol. The standard InChI is InChI=1S/C14H15BrClNO3/c15-11-7-9(4-5-12(11)16)14(20)17-6-2-1-3-10(17)8-13(18)19/h4-5,7,10H,1-3,6,8H2,(H,18,19). The number of likely N-dealkylation sites (tertiary alicyclic amines) is 1. The summed E-state index contributed by atoms with van der Waals surface area (Å²) in [4.78, 5) is 25.1. The highest BCUT2D eigenvalue weighted by Gasteiger charge is 2.29. The Kier molecular flexibility index (Phi) is 5.05. The fourth-order valence-corrected chi connectivity index (χ4v) is 2.97. The van der Waals surface area contributed by atoms with Gasteiger partial charge in [0.25, 0.3) is 5.91 Å². The molecule has 6 heteroatoms. The molecule has 1 saturated heterocycles. The molecule has 1 unspecified atom stereocenters. The van der Waals surface area contributed by atoms with Crippen LogP contribution < -0.4 is 0 Å². The molecule has 1 N–H and O–H groups in total. The van der Waals surface area contributed by atoms with Gasteiger partial charge in [0, 0.05) is 22.6 Å². The molecule has 1 amide bonds. The first kappa shape index (κ1) is 15.3. The molecule has 0 aromatic heterocycles. The van der Waals surface area contributed by atoms with Crippen LogP contribution in [-0.2, 0) is 4.79 Å². The van der Waals surface area contributed by atoms with Crippen molar-refractivity contribution in [3.8, 4) is 0 Å². The van der Waals surface area contributed by atoms with E-state index in [-0.39, 0.29) is 18.4 Å². The summed E-state index contributed by atoms with van der Waals surface area (Å²) in [5, 5.41) is 9.50. The van der Waals surface area contributed by atoms with E-state index in [0.717, 1.165) is 19.3 Å². The minimum Gasteiger partial charge on any atom is -0.481 e. The lowest BCUT2D eigenvalue weighted by molar-refractivity contribution is -0.138. The Morgan fingerprint density at radius 3 is 2.80 bits per heavy atom. The smallest absolute Gasteiger partial charge is 0.305 e. The summed E-state index contributed by atoms with van der Waals surface area (Å²) in [6, 6.07) is 4.79. The molecular formula is C14H15BrClNO3. The number of amides is 1. The summed E-state index contributed by atoms with van der Waals surface area (Å²) in [6.07, 6.45) is 2.62. The van der Waals surface area contributed by atoms with Gasteiger partial charge in [-0.25, -0.2) is 0 Å². The molecule has 0 radical (unpaired) electrons. The van der Waals surface area contributed by atoms with Crippen molar-refractivity contribution in [1.82, 2.24) is 4.90 Å². The van der Waals surface area contributed by atoms with E-state index < -0.39 is 5.97 Å². The maximum Gasteiger partial charge on any atom is 0.305 e. The largest absolute Gasteiger partial charge is 0.481 e. The number of benzene rings is 1. The number of carboxylic acid groups (broad SMARTS) is 1. The van der Waals surface area contributed by atoms with Crippen LogP contribution >= 0.6 is 27.5 Å². The second-order valence-corrected chi connectivity index (χ2v) is 6.14. The summed E-state index contributed by atoms with van der Waals surface area (Å²) in [5.41, 5.74) is 0.526. The van der Waals surface area contributed by atoms with Gasteiger partial charge in [0.2, 0.25) is 0 Å². The van der Waals surface area contributed by atoms with Gasteiger partial charge in [-0.3, -0.25) is 9.59 Å². The Morgan fingerprint density at radius 1 is 1.40 bits per heavy atom. The van der Waals surface area contributed by atoms with Crippen LogP contribution in [0.15, 0.2) is 22.7 Å². The molecule has 0 aliphatic carbocycles. The lowest BCUT2D eigenvalue weighted by Crippen LogP contribution is -2.44. The maximum absolute atomic E-state index is 12.5. The van der Waals surface area contributed by atoms with Crippen molar-refractivity contribution in [2.24, 2.45) is 0 Å². The van der Waals surface area contributed by atoms with Crippen molar-refractivity contribution in [2.75, 3.05) is 6.54 Å². The van der Waals surface area contributed by atoms with Crippen molar-refractivity contribution in [3.63, 3.8) is 0 Å². The number of halogens is 2. The first-order chi connectivity index (χ1) is 9.49. The summed E-state index contributed by atoms with van der Waals surface area (Å²) in [6.45, 7) is 0.608. The summed E-state index contributed by atoms with van der Waals surface area (Å²) < 4.78 is 0.664. The van der Waals surface area contributed by atoms with Gasteiger partial charge in [0.1, 0.15) is 0 Å². The zero-order chi connectivity index (χ0) is 14.7. The Labute approximate surface area is 130 Å². The van der Waals surface area contributed by atoms with Gasteiger partial charge in [-0.1, -0.05) is 11.6 Å². The molecule has 1 atom stereocenters. The molecule has 4 nitrogen and oxygen atoms in total. The van der Waals surface area contributed by atoms with Gasteiger partial charge in [-0.2, -0.15) is 0 Å². The minimum absolute atomic E-state index is 0.000495. The number of hydrogen-bond acceptors (Lipinski definition) is 2. The third-order valence-corrected chi connectivity index (χ3v) is 4.68. The predicted octanol–water partition coefficient (Wildman–Crippen LogP) is 3.57. The van der Waals surface area contributed by atoms with E-state index >= 15 is 0 Å². The van der Waals surface area contributed by atoms with Gasteiger partial charge < -0.3 is 10.0 Å². The quantitative estimate of drug-likeness (QED) is 0.896. The highest BCUT2D eigenvalue weighted by molar-refractivity contribution is 9.10. The number of piperidine rings is 1. The average molecular weight is 361 g/mol. The monoisotopic (exact) mass is 359 g/mol. The van der Waals surface area contributed by atoms with Gasteiger partial charge in [-0.05, 0) is 53.4 Å². The fraction of sp³-hybridized carbons (Fsp3) is 0.429. The second kappa shape index (κ2) is 6.59. The van der Waals surface area contributed by atoms with Crippen LogP contribution in [-0.4, -0.2) is 34.5 Å². The summed E-state index contributed by atoms with van der Waals surface area (Å²) in [7, 11) is 0. The molecular weight excluding hydrogens is 346 g/mol. The van der Waals surface area contributed by atoms with E-state index in [2.05, 4.69) is 15.9 Å². The van der Waals surface area contributed by atoms with Gasteiger partial charge in [0.15, 0.2) is 0 Å². The Morgan fingerprint density at radius 2 is 2.15 bits per heavy atom. The first-order valence-electron chi connectivity index (χ1n) is 6.47. The molecule has 1 aromatic rings. The normalized spacial score (nSPS) is 18.9. The molecule has 108 valence electrons. The Hall–Kier alpha value is -1.07. The zero-order valence-electron chi connectivity index (χ0n) is 10.8. The molecule has 1 fully saturated rings. The molecule has 2 rings (SSSR count). The minimum atomic E-state index is -0.869. The van der Waals surface area contributed by atoms with Gasteiger partial charge in [0.05, 0.1) is 11.4 Å². The van der Waals surface area contributed by atoms with Crippen molar-refractivity contribution >= 4 is 39.4 Å². The highest BCUT2D eigenvalue weighted by Crippen LogP contribution is 2.26. The number of nitrogens with zero attached hydrogens (tertiary/aromatic N) is 1. The maximum atomic E-state index is 12.5. The van der Waals surface area contributed by atoms with Crippen LogP contribution in [0.1, 0.15) is 36.0 Å². The van der Waals surface area contributed by atoms with E-state index in [1.807, 2.05) is 0 Å². The highest BCUT2D eigenvalue weighted by atomic mass is 79.9. The molecule has 1 aliphatic rings. The van der Waals surface area contributed by atoms with E-state index in [9.17, 15) is 9.59 Å². The topological polar surface area (TPSA) is 57.6 Å². The Balaban J connectivity index is 2.20. The summed E-state index contributed by atoms with van der Waals surface area (Å²) in [5.74, 6) is -1.000. The number of carboxylic acids is 1. The van der Waals surface area contributed by atoms with E-state index in [1.165, 1.54) is 0 Å². The fourth-order valence-electron chi connectivity index (χ4n) is 2.48. The average Bonchev–Trinajstić information content (AvgIpc) is 2.41. The van der Waals surface area contributed by atoms with Crippen molar-refractivity contribution in [1.29, 1.82) is 0 Å². The number of hydrogen-bond donors (Lipinski definition) is 1. The Bertz CT molecular complexity index is 535. The SMILES string of the molecule is O=C(O)CC1CCCCN1C(=O)c1ccc(Cl)c(Br)c1. The lowest BCUT2D eigenvalue weighted by Gasteiger charge is -2.35. The number of carbonyl (C=O) groups excluding carboxylic acids is 1. The van der Waals surface area contributed by atoms with Gasteiger partial charge >= 0.3 is 5.97 Å². The lowest BCUT2D eigenvalue weighted by atomic mass is 9.98. The van der Waals surface area contributed by atoms with Crippen LogP contribution in [0.3, 0.4) is 0 Å².